The molecule has 0 saturated heterocycles. The van der Waals surface area contributed by atoms with Crippen molar-refractivity contribution in [2.24, 2.45) is 5.73 Å². The first-order valence-electron chi connectivity index (χ1n) is 5.50. The Morgan fingerprint density at radius 3 is 2.94 bits per heavy atom. The molecule has 0 aliphatic heterocycles. The standard InChI is InChI=1S/C13H16N2S/c1-2-16-9-12(14)11-7-3-5-10-6-4-8-15-13(10)11/h3-8,12H,2,9,14H2,1H3. The Morgan fingerprint density at radius 2 is 2.12 bits per heavy atom. The predicted molar refractivity (Wildman–Crippen MR) is 71.7 cm³/mol. The number of nitrogens with zero attached hydrogens (tertiary/aromatic N) is 1. The third kappa shape index (κ3) is 2.36. The molecule has 2 rings (SSSR count). The minimum atomic E-state index is 0.0727. The first-order valence-corrected chi connectivity index (χ1v) is 6.65. The van der Waals surface area contributed by atoms with Crippen LogP contribution < -0.4 is 5.73 Å². The first-order chi connectivity index (χ1) is 7.83. The molecule has 16 heavy (non-hydrogen) atoms. The molecule has 0 aliphatic rings. The number of fused-ring (bicyclic) bond motifs is 1. The van der Waals surface area contributed by atoms with Gasteiger partial charge in [-0.05, 0) is 17.4 Å². The fraction of sp³-hybridized carbons (Fsp3) is 0.308. The highest BCUT2D eigenvalue weighted by Crippen LogP contribution is 2.23. The molecule has 84 valence electrons. The van der Waals surface area contributed by atoms with Gasteiger partial charge in [-0.2, -0.15) is 11.8 Å². The molecule has 0 spiro atoms. The van der Waals surface area contributed by atoms with Crippen LogP contribution in [0.5, 0.6) is 0 Å². The van der Waals surface area contributed by atoms with Crippen LogP contribution in [0.2, 0.25) is 0 Å². The van der Waals surface area contributed by atoms with Gasteiger partial charge in [0.15, 0.2) is 0 Å². The van der Waals surface area contributed by atoms with E-state index in [1.165, 1.54) is 0 Å². The van der Waals surface area contributed by atoms with E-state index in [1.54, 1.807) is 0 Å². The number of pyridine rings is 1. The topological polar surface area (TPSA) is 38.9 Å². The van der Waals surface area contributed by atoms with Crippen LogP contribution in [-0.2, 0) is 0 Å². The summed E-state index contributed by atoms with van der Waals surface area (Å²) in [5.74, 6) is 2.05. The van der Waals surface area contributed by atoms with E-state index in [0.717, 1.165) is 28.0 Å². The zero-order valence-electron chi connectivity index (χ0n) is 9.39. The molecule has 0 amide bonds. The molecular formula is C13H16N2S. The molecule has 1 aromatic carbocycles. The summed E-state index contributed by atoms with van der Waals surface area (Å²) in [4.78, 5) is 4.42. The van der Waals surface area contributed by atoms with E-state index in [0.29, 0.717) is 0 Å². The van der Waals surface area contributed by atoms with Gasteiger partial charge in [-0.1, -0.05) is 31.2 Å². The number of benzene rings is 1. The molecule has 0 radical (unpaired) electrons. The third-order valence-corrected chi connectivity index (χ3v) is 3.57. The zero-order chi connectivity index (χ0) is 11.4. The molecule has 1 aromatic heterocycles. The SMILES string of the molecule is CCSCC(N)c1cccc2cccnc12. The fourth-order valence-corrected chi connectivity index (χ4v) is 2.43. The molecule has 1 heterocycles. The van der Waals surface area contributed by atoms with Gasteiger partial charge in [0.25, 0.3) is 0 Å². The maximum absolute atomic E-state index is 6.19. The largest absolute Gasteiger partial charge is 0.323 e. The highest BCUT2D eigenvalue weighted by molar-refractivity contribution is 7.99. The van der Waals surface area contributed by atoms with Crippen LogP contribution in [0, 0.1) is 0 Å². The lowest BCUT2D eigenvalue weighted by Gasteiger charge is -2.13. The molecule has 0 aliphatic carbocycles. The maximum atomic E-state index is 6.19. The normalized spacial score (nSPS) is 12.9. The van der Waals surface area contributed by atoms with E-state index in [4.69, 9.17) is 5.73 Å². The van der Waals surface area contributed by atoms with Gasteiger partial charge >= 0.3 is 0 Å². The Bertz CT molecular complexity index is 465. The van der Waals surface area contributed by atoms with Crippen LogP contribution in [0.4, 0.5) is 0 Å². The molecule has 2 N–H and O–H groups in total. The van der Waals surface area contributed by atoms with Crippen molar-refractivity contribution in [3.05, 3.63) is 42.1 Å². The monoisotopic (exact) mass is 232 g/mol. The molecule has 1 atom stereocenters. The highest BCUT2D eigenvalue weighted by Gasteiger charge is 2.09. The quantitative estimate of drug-likeness (QED) is 0.880. The molecule has 1 unspecified atom stereocenters. The Labute approximate surface area is 100 Å². The lowest BCUT2D eigenvalue weighted by atomic mass is 10.0. The average Bonchev–Trinajstić information content (AvgIpc) is 2.35. The molecule has 3 heteroatoms. The number of aromatic nitrogens is 1. The van der Waals surface area contributed by atoms with Crippen molar-refractivity contribution < 1.29 is 0 Å². The Balaban J connectivity index is 2.36. The van der Waals surface area contributed by atoms with Crippen LogP contribution in [0.1, 0.15) is 18.5 Å². The number of para-hydroxylation sites is 1. The lowest BCUT2D eigenvalue weighted by Crippen LogP contribution is -2.13. The van der Waals surface area contributed by atoms with Crippen molar-refractivity contribution in [1.82, 2.24) is 4.98 Å². The molecule has 0 saturated carbocycles. The van der Waals surface area contributed by atoms with E-state index in [-0.39, 0.29) is 6.04 Å². The van der Waals surface area contributed by atoms with Crippen molar-refractivity contribution in [2.45, 2.75) is 13.0 Å². The summed E-state index contributed by atoms with van der Waals surface area (Å²) in [7, 11) is 0. The first kappa shape index (κ1) is 11.4. The van der Waals surface area contributed by atoms with Crippen LogP contribution in [-0.4, -0.2) is 16.5 Å². The second kappa shape index (κ2) is 5.32. The summed E-state index contributed by atoms with van der Waals surface area (Å²) >= 11 is 1.87. The minimum Gasteiger partial charge on any atom is -0.323 e. The van der Waals surface area contributed by atoms with Gasteiger partial charge in [0, 0.05) is 23.4 Å². The molecule has 2 nitrogen and oxygen atoms in total. The summed E-state index contributed by atoms with van der Waals surface area (Å²) < 4.78 is 0. The van der Waals surface area contributed by atoms with E-state index < -0.39 is 0 Å². The summed E-state index contributed by atoms with van der Waals surface area (Å²) in [6.45, 7) is 2.15. The van der Waals surface area contributed by atoms with Gasteiger partial charge in [-0.3, -0.25) is 4.98 Å². The van der Waals surface area contributed by atoms with Crippen molar-refractivity contribution in [2.75, 3.05) is 11.5 Å². The summed E-state index contributed by atoms with van der Waals surface area (Å²) in [6.07, 6.45) is 1.82. The van der Waals surface area contributed by atoms with Crippen LogP contribution in [0.25, 0.3) is 10.9 Å². The van der Waals surface area contributed by atoms with E-state index in [9.17, 15) is 0 Å². The van der Waals surface area contributed by atoms with Crippen LogP contribution in [0.15, 0.2) is 36.5 Å². The van der Waals surface area contributed by atoms with Gasteiger partial charge in [-0.15, -0.1) is 0 Å². The Hall–Kier alpha value is -1.06. The number of hydrogen-bond donors (Lipinski definition) is 1. The Kier molecular flexibility index (Phi) is 3.80. The number of nitrogens with two attached hydrogens (primary N) is 1. The number of rotatable bonds is 4. The fourth-order valence-electron chi connectivity index (χ4n) is 1.76. The predicted octanol–water partition coefficient (Wildman–Crippen LogP) is 2.99. The molecular weight excluding hydrogens is 216 g/mol. The maximum Gasteiger partial charge on any atom is 0.0749 e. The second-order valence-corrected chi connectivity index (χ2v) is 5.01. The van der Waals surface area contributed by atoms with Crippen LogP contribution >= 0.6 is 11.8 Å². The number of hydrogen-bond acceptors (Lipinski definition) is 3. The lowest BCUT2D eigenvalue weighted by molar-refractivity contribution is 0.837. The third-order valence-electron chi connectivity index (χ3n) is 2.56. The summed E-state index contributed by atoms with van der Waals surface area (Å²) in [6, 6.07) is 10.3. The van der Waals surface area contributed by atoms with Gasteiger partial charge in [0.1, 0.15) is 0 Å². The second-order valence-electron chi connectivity index (χ2n) is 3.69. The summed E-state index contributed by atoms with van der Waals surface area (Å²) in [5.41, 5.74) is 8.37. The van der Waals surface area contributed by atoms with E-state index >= 15 is 0 Å². The smallest absolute Gasteiger partial charge is 0.0749 e. The van der Waals surface area contributed by atoms with Gasteiger partial charge in [-0.25, -0.2) is 0 Å². The zero-order valence-corrected chi connectivity index (χ0v) is 10.2. The van der Waals surface area contributed by atoms with E-state index in [1.807, 2.05) is 24.0 Å². The van der Waals surface area contributed by atoms with Gasteiger partial charge < -0.3 is 5.73 Å². The highest BCUT2D eigenvalue weighted by atomic mass is 32.2. The van der Waals surface area contributed by atoms with Crippen molar-refractivity contribution in [3.63, 3.8) is 0 Å². The Morgan fingerprint density at radius 1 is 1.31 bits per heavy atom. The van der Waals surface area contributed by atoms with Crippen molar-refractivity contribution in [1.29, 1.82) is 0 Å². The van der Waals surface area contributed by atoms with Crippen molar-refractivity contribution >= 4 is 22.7 Å². The summed E-state index contributed by atoms with van der Waals surface area (Å²) in [5, 5.41) is 1.16. The van der Waals surface area contributed by atoms with E-state index in [2.05, 4.69) is 36.2 Å². The molecule has 0 fully saturated rings. The minimum absolute atomic E-state index is 0.0727. The van der Waals surface area contributed by atoms with Crippen LogP contribution in [0.3, 0.4) is 0 Å². The average molecular weight is 232 g/mol. The molecule has 0 bridgehead atoms. The van der Waals surface area contributed by atoms with Gasteiger partial charge in [0.05, 0.1) is 5.52 Å². The number of thioether (sulfide) groups is 1. The van der Waals surface area contributed by atoms with Crippen molar-refractivity contribution in [3.8, 4) is 0 Å². The molecule has 2 aromatic rings. The van der Waals surface area contributed by atoms with Gasteiger partial charge in [0.2, 0.25) is 0 Å².